The van der Waals surface area contributed by atoms with Crippen LogP contribution in [0.3, 0.4) is 0 Å². The zero-order valence-corrected chi connectivity index (χ0v) is 14.8. The second kappa shape index (κ2) is 8.20. The SMILES string of the molecule is C[C@@H]1O[C@@H](Oc2ccc(Cn3c(C=O)ccc3CO)cc2)[C@H](O)[C@H](O)[C@H]1O. The molecule has 2 heterocycles. The first-order chi connectivity index (χ1) is 12.9. The zero-order chi connectivity index (χ0) is 19.6. The molecular formula is C19H23NO7. The largest absolute Gasteiger partial charge is 0.462 e. The Labute approximate surface area is 156 Å². The number of hydrogen-bond donors (Lipinski definition) is 4. The van der Waals surface area contributed by atoms with Crippen LogP contribution < -0.4 is 4.74 Å². The van der Waals surface area contributed by atoms with Crippen LogP contribution in [0.2, 0.25) is 0 Å². The van der Waals surface area contributed by atoms with Gasteiger partial charge in [0.05, 0.1) is 18.4 Å². The molecule has 8 nitrogen and oxygen atoms in total. The number of carbonyl (C=O) groups excluding carboxylic acids is 1. The molecule has 146 valence electrons. The van der Waals surface area contributed by atoms with E-state index in [1.54, 1.807) is 47.9 Å². The van der Waals surface area contributed by atoms with Gasteiger partial charge in [-0.3, -0.25) is 4.79 Å². The van der Waals surface area contributed by atoms with E-state index < -0.39 is 30.7 Å². The smallest absolute Gasteiger partial charge is 0.229 e. The maximum absolute atomic E-state index is 11.1. The summed E-state index contributed by atoms with van der Waals surface area (Å²) < 4.78 is 12.7. The predicted octanol–water partition coefficient (Wildman–Crippen LogP) is 0.0475. The van der Waals surface area contributed by atoms with Gasteiger partial charge in [0.25, 0.3) is 0 Å². The Balaban J connectivity index is 1.69. The Morgan fingerprint density at radius 3 is 2.41 bits per heavy atom. The molecule has 4 N–H and O–H groups in total. The van der Waals surface area contributed by atoms with Crippen molar-refractivity contribution in [1.82, 2.24) is 4.57 Å². The molecule has 0 amide bonds. The van der Waals surface area contributed by atoms with E-state index in [4.69, 9.17) is 9.47 Å². The van der Waals surface area contributed by atoms with Gasteiger partial charge in [0.2, 0.25) is 6.29 Å². The molecule has 1 aromatic carbocycles. The number of nitrogens with zero attached hydrogens (tertiary/aromatic N) is 1. The van der Waals surface area contributed by atoms with Gasteiger partial charge in [0, 0.05) is 12.2 Å². The molecule has 2 aromatic rings. The van der Waals surface area contributed by atoms with Crippen LogP contribution in [0, 0.1) is 0 Å². The minimum absolute atomic E-state index is 0.168. The van der Waals surface area contributed by atoms with E-state index in [1.807, 2.05) is 0 Å². The molecule has 1 saturated heterocycles. The highest BCUT2D eigenvalue weighted by molar-refractivity contribution is 5.72. The Bertz CT molecular complexity index is 773. The Morgan fingerprint density at radius 2 is 1.78 bits per heavy atom. The minimum atomic E-state index is -1.38. The third kappa shape index (κ3) is 4.05. The molecule has 5 atom stereocenters. The molecule has 0 aliphatic carbocycles. The molecule has 0 unspecified atom stereocenters. The predicted molar refractivity (Wildman–Crippen MR) is 94.3 cm³/mol. The van der Waals surface area contributed by atoms with Crippen molar-refractivity contribution in [2.45, 2.75) is 50.8 Å². The topological polar surface area (TPSA) is 121 Å². The van der Waals surface area contributed by atoms with Gasteiger partial charge in [-0.2, -0.15) is 0 Å². The number of aliphatic hydroxyl groups is 4. The summed E-state index contributed by atoms with van der Waals surface area (Å²) in [5, 5.41) is 38.9. The third-order valence-corrected chi connectivity index (χ3v) is 4.71. The Hall–Kier alpha value is -2.23. The maximum atomic E-state index is 11.1. The number of carbonyl (C=O) groups is 1. The van der Waals surface area contributed by atoms with Crippen molar-refractivity contribution in [2.24, 2.45) is 0 Å². The lowest BCUT2D eigenvalue weighted by Crippen LogP contribution is -2.58. The van der Waals surface area contributed by atoms with Crippen LogP contribution in [0.5, 0.6) is 5.75 Å². The number of benzene rings is 1. The van der Waals surface area contributed by atoms with Gasteiger partial charge in [-0.25, -0.2) is 0 Å². The van der Waals surface area contributed by atoms with Crippen LogP contribution in [0.4, 0.5) is 0 Å². The number of aromatic nitrogens is 1. The van der Waals surface area contributed by atoms with Gasteiger partial charge >= 0.3 is 0 Å². The zero-order valence-electron chi connectivity index (χ0n) is 14.8. The quantitative estimate of drug-likeness (QED) is 0.525. The lowest BCUT2D eigenvalue weighted by molar-refractivity contribution is -0.268. The minimum Gasteiger partial charge on any atom is -0.462 e. The summed E-state index contributed by atoms with van der Waals surface area (Å²) in [7, 11) is 0. The van der Waals surface area contributed by atoms with E-state index in [9.17, 15) is 25.2 Å². The molecule has 0 spiro atoms. The van der Waals surface area contributed by atoms with Gasteiger partial charge in [-0.15, -0.1) is 0 Å². The molecule has 1 fully saturated rings. The average molecular weight is 377 g/mol. The highest BCUT2D eigenvalue weighted by atomic mass is 16.7. The average Bonchev–Trinajstić information content (AvgIpc) is 3.07. The molecule has 3 rings (SSSR count). The standard InChI is InChI=1S/C19H23NO7/c1-11-16(23)17(24)18(25)19(26-11)27-15-6-2-12(3-7-15)8-20-13(9-21)4-5-14(20)10-22/h2-7,9,11,16-19,22-25H,8,10H2,1H3/t11-,16-,17+,18+,19-/m0/s1. The third-order valence-electron chi connectivity index (χ3n) is 4.71. The van der Waals surface area contributed by atoms with Crippen LogP contribution in [0.25, 0.3) is 0 Å². The molecule has 1 aliphatic rings. The maximum Gasteiger partial charge on any atom is 0.229 e. The van der Waals surface area contributed by atoms with Crippen molar-refractivity contribution in [1.29, 1.82) is 0 Å². The summed E-state index contributed by atoms with van der Waals surface area (Å²) in [4.78, 5) is 11.1. The van der Waals surface area contributed by atoms with Gasteiger partial charge in [-0.1, -0.05) is 12.1 Å². The van der Waals surface area contributed by atoms with E-state index >= 15 is 0 Å². The number of rotatable bonds is 6. The lowest BCUT2D eigenvalue weighted by atomic mass is 10.00. The normalized spacial score (nSPS) is 28.1. The van der Waals surface area contributed by atoms with Crippen molar-refractivity contribution in [2.75, 3.05) is 0 Å². The second-order valence-electron chi connectivity index (χ2n) is 6.55. The summed E-state index contributed by atoms with van der Waals surface area (Å²) in [6.45, 7) is 1.82. The van der Waals surface area contributed by atoms with Crippen molar-refractivity contribution >= 4 is 6.29 Å². The molecule has 0 bridgehead atoms. The Kier molecular flexibility index (Phi) is 5.93. The molecular weight excluding hydrogens is 354 g/mol. The summed E-state index contributed by atoms with van der Waals surface area (Å²) in [5.74, 6) is 0.420. The fraction of sp³-hybridized carbons (Fsp3) is 0.421. The summed E-state index contributed by atoms with van der Waals surface area (Å²) in [5.41, 5.74) is 1.99. The van der Waals surface area contributed by atoms with E-state index in [-0.39, 0.29) is 6.61 Å². The number of aldehydes is 1. The van der Waals surface area contributed by atoms with Gasteiger partial charge in [-0.05, 0) is 36.8 Å². The first-order valence-electron chi connectivity index (χ1n) is 8.64. The number of ether oxygens (including phenoxy) is 2. The van der Waals surface area contributed by atoms with Crippen LogP contribution in [0.15, 0.2) is 36.4 Å². The summed E-state index contributed by atoms with van der Waals surface area (Å²) in [6, 6.07) is 10.3. The van der Waals surface area contributed by atoms with Crippen molar-refractivity contribution in [3.8, 4) is 5.75 Å². The monoisotopic (exact) mass is 377 g/mol. The summed E-state index contributed by atoms with van der Waals surface area (Å²) in [6.07, 6.45) is -4.96. The molecule has 1 aliphatic heterocycles. The fourth-order valence-electron chi connectivity index (χ4n) is 3.06. The molecule has 27 heavy (non-hydrogen) atoms. The Morgan fingerprint density at radius 1 is 1.07 bits per heavy atom. The first kappa shape index (κ1) is 19.5. The first-order valence-corrected chi connectivity index (χ1v) is 8.64. The van der Waals surface area contributed by atoms with E-state index in [0.29, 0.717) is 23.7 Å². The van der Waals surface area contributed by atoms with E-state index in [0.717, 1.165) is 11.8 Å². The lowest BCUT2D eigenvalue weighted by Gasteiger charge is -2.38. The number of aliphatic hydroxyl groups excluding tert-OH is 4. The summed E-state index contributed by atoms with van der Waals surface area (Å²) >= 11 is 0. The van der Waals surface area contributed by atoms with E-state index in [1.165, 1.54) is 0 Å². The number of hydrogen-bond acceptors (Lipinski definition) is 7. The molecule has 8 heteroatoms. The highest BCUT2D eigenvalue weighted by Crippen LogP contribution is 2.24. The van der Waals surface area contributed by atoms with Crippen molar-refractivity contribution < 1.29 is 34.7 Å². The molecule has 0 saturated carbocycles. The molecule has 0 radical (unpaired) electrons. The van der Waals surface area contributed by atoms with Crippen molar-refractivity contribution in [3.63, 3.8) is 0 Å². The van der Waals surface area contributed by atoms with Crippen LogP contribution in [-0.4, -0.2) is 62.0 Å². The molecule has 1 aromatic heterocycles. The van der Waals surface area contributed by atoms with Crippen molar-refractivity contribution in [3.05, 3.63) is 53.3 Å². The van der Waals surface area contributed by atoms with Crippen LogP contribution in [-0.2, 0) is 17.9 Å². The fourth-order valence-corrected chi connectivity index (χ4v) is 3.06. The van der Waals surface area contributed by atoms with E-state index in [2.05, 4.69) is 0 Å². The highest BCUT2D eigenvalue weighted by Gasteiger charge is 2.43. The second-order valence-corrected chi connectivity index (χ2v) is 6.55. The van der Waals surface area contributed by atoms with Crippen LogP contribution >= 0.6 is 0 Å². The van der Waals surface area contributed by atoms with Gasteiger partial charge in [0.1, 0.15) is 24.1 Å². The van der Waals surface area contributed by atoms with Crippen LogP contribution in [0.1, 0.15) is 28.7 Å². The van der Waals surface area contributed by atoms with Gasteiger partial charge < -0.3 is 34.5 Å². The van der Waals surface area contributed by atoms with Gasteiger partial charge in [0.15, 0.2) is 6.29 Å².